The molecule has 1 aliphatic heterocycles. The van der Waals surface area contributed by atoms with Crippen molar-refractivity contribution in [3.05, 3.63) is 29.5 Å². The molecule has 1 aliphatic rings. The molecule has 3 nitrogen and oxygen atoms in total. The van der Waals surface area contributed by atoms with Gasteiger partial charge in [0.05, 0.1) is 12.1 Å². The zero-order valence-electron chi connectivity index (χ0n) is 12.6. The summed E-state index contributed by atoms with van der Waals surface area (Å²) in [4.78, 5) is 4.59. The highest BCUT2D eigenvalue weighted by molar-refractivity contribution is 5.89. The van der Waals surface area contributed by atoms with Crippen LogP contribution < -0.4 is 4.74 Å². The van der Waals surface area contributed by atoms with E-state index < -0.39 is 12.7 Å². The van der Waals surface area contributed by atoms with Crippen LogP contribution >= 0.6 is 0 Å². The van der Waals surface area contributed by atoms with Crippen LogP contribution in [-0.4, -0.2) is 41.8 Å². The van der Waals surface area contributed by atoms with Gasteiger partial charge in [-0.25, -0.2) is 0 Å². The molecule has 0 saturated carbocycles. The number of nitrogens with one attached hydrogen (secondary N) is 1. The molecule has 22 heavy (non-hydrogen) atoms. The van der Waals surface area contributed by atoms with E-state index in [1.54, 1.807) is 0 Å². The predicted molar refractivity (Wildman–Crippen MR) is 79.3 cm³/mol. The van der Waals surface area contributed by atoms with Crippen molar-refractivity contribution in [2.75, 3.05) is 19.6 Å². The largest absolute Gasteiger partial charge is 0.488 e. The van der Waals surface area contributed by atoms with E-state index in [4.69, 9.17) is 4.74 Å². The predicted octanol–water partition coefficient (Wildman–Crippen LogP) is 3.80. The molecule has 1 N–H and O–H groups in total. The van der Waals surface area contributed by atoms with Gasteiger partial charge >= 0.3 is 6.18 Å². The molecule has 120 valence electrons. The summed E-state index contributed by atoms with van der Waals surface area (Å²) in [6.45, 7) is 3.87. The number of nitrogens with zero attached hydrogens (tertiary/aromatic N) is 1. The number of H-pyrrole nitrogens is 1. The van der Waals surface area contributed by atoms with Crippen LogP contribution in [0.4, 0.5) is 13.2 Å². The third-order valence-electron chi connectivity index (χ3n) is 4.09. The first-order valence-corrected chi connectivity index (χ1v) is 7.36. The Morgan fingerprint density at radius 1 is 1.32 bits per heavy atom. The lowest BCUT2D eigenvalue weighted by Crippen LogP contribution is -2.33. The lowest BCUT2D eigenvalue weighted by molar-refractivity contribution is -0.144. The summed E-state index contributed by atoms with van der Waals surface area (Å²) in [6, 6.07) is 3.99. The second-order valence-electron chi connectivity index (χ2n) is 5.98. The van der Waals surface area contributed by atoms with Crippen molar-refractivity contribution in [3.8, 4) is 5.75 Å². The van der Waals surface area contributed by atoms with Crippen LogP contribution in [0.5, 0.6) is 5.75 Å². The first-order chi connectivity index (χ1) is 10.3. The van der Waals surface area contributed by atoms with Crippen LogP contribution in [-0.2, 0) is 0 Å². The van der Waals surface area contributed by atoms with Crippen molar-refractivity contribution in [3.63, 3.8) is 0 Å². The number of halogens is 3. The Hall–Kier alpha value is -1.69. The number of ether oxygens (including phenoxy) is 1. The fourth-order valence-corrected chi connectivity index (χ4v) is 3.17. The van der Waals surface area contributed by atoms with Crippen LogP contribution in [0.1, 0.15) is 17.5 Å². The highest BCUT2D eigenvalue weighted by atomic mass is 19.4. The van der Waals surface area contributed by atoms with E-state index >= 15 is 0 Å². The average Bonchev–Trinajstić information content (AvgIpc) is 3.01. The van der Waals surface area contributed by atoms with E-state index in [1.807, 2.05) is 32.2 Å². The number of aryl methyl sites for hydroxylation is 2. The van der Waals surface area contributed by atoms with Crippen LogP contribution in [0.3, 0.4) is 0 Å². The minimum atomic E-state index is -4.15. The highest BCUT2D eigenvalue weighted by Gasteiger charge is 2.35. The molecule has 0 bridgehead atoms. The van der Waals surface area contributed by atoms with Gasteiger partial charge in [-0.05, 0) is 37.5 Å². The van der Waals surface area contributed by atoms with Crippen molar-refractivity contribution in [2.24, 2.45) is 0 Å². The van der Waals surface area contributed by atoms with Crippen molar-refractivity contribution in [1.29, 1.82) is 0 Å². The summed E-state index contributed by atoms with van der Waals surface area (Å²) in [5.41, 5.74) is 3.17. The number of benzene rings is 1. The van der Waals surface area contributed by atoms with Gasteiger partial charge in [-0.15, -0.1) is 0 Å². The molecule has 3 rings (SSSR count). The topological polar surface area (TPSA) is 28.3 Å². The lowest BCUT2D eigenvalue weighted by Gasteiger charge is -2.19. The van der Waals surface area contributed by atoms with E-state index in [-0.39, 0.29) is 6.10 Å². The number of alkyl halides is 3. The van der Waals surface area contributed by atoms with Gasteiger partial charge in [0.15, 0.2) is 0 Å². The molecular weight excluding hydrogens is 293 g/mol. The number of hydrogen-bond donors (Lipinski definition) is 1. The third kappa shape index (κ3) is 3.06. The number of likely N-dealkylation sites (tertiary alicyclic amines) is 1. The number of hydrogen-bond acceptors (Lipinski definition) is 2. The molecule has 1 aromatic carbocycles. The molecule has 2 aromatic rings. The van der Waals surface area contributed by atoms with E-state index in [1.165, 1.54) is 4.90 Å². The third-order valence-corrected chi connectivity index (χ3v) is 4.09. The van der Waals surface area contributed by atoms with Gasteiger partial charge < -0.3 is 9.72 Å². The molecule has 2 heterocycles. The van der Waals surface area contributed by atoms with Crippen molar-refractivity contribution in [1.82, 2.24) is 9.88 Å². The lowest BCUT2D eigenvalue weighted by atomic mass is 10.1. The van der Waals surface area contributed by atoms with Gasteiger partial charge in [0.1, 0.15) is 11.9 Å². The molecule has 1 fully saturated rings. The van der Waals surface area contributed by atoms with Gasteiger partial charge in [-0.1, -0.05) is 6.07 Å². The minimum absolute atomic E-state index is 0.193. The number of fused-ring (bicyclic) bond motifs is 1. The van der Waals surface area contributed by atoms with Crippen molar-refractivity contribution in [2.45, 2.75) is 32.5 Å². The van der Waals surface area contributed by atoms with Gasteiger partial charge in [-0.3, -0.25) is 4.90 Å². The zero-order chi connectivity index (χ0) is 15.9. The normalized spacial score (nSPS) is 20.0. The molecule has 0 amide bonds. The number of rotatable bonds is 3. The molecule has 0 aliphatic carbocycles. The minimum Gasteiger partial charge on any atom is -0.488 e. The van der Waals surface area contributed by atoms with Crippen LogP contribution in [0.15, 0.2) is 18.3 Å². The highest BCUT2D eigenvalue weighted by Crippen LogP contribution is 2.33. The molecule has 0 radical (unpaired) electrons. The fourth-order valence-electron chi connectivity index (χ4n) is 3.17. The molecular formula is C16H19F3N2O. The Kier molecular flexibility index (Phi) is 3.80. The van der Waals surface area contributed by atoms with Crippen LogP contribution in [0.25, 0.3) is 10.9 Å². The summed E-state index contributed by atoms with van der Waals surface area (Å²) in [6.07, 6.45) is -1.87. The monoisotopic (exact) mass is 312 g/mol. The maximum atomic E-state index is 12.5. The molecule has 0 spiro atoms. The summed E-state index contributed by atoms with van der Waals surface area (Å²) >= 11 is 0. The summed E-state index contributed by atoms with van der Waals surface area (Å²) in [5, 5.41) is 0.992. The van der Waals surface area contributed by atoms with Gasteiger partial charge in [-0.2, -0.15) is 13.2 Å². The standard InChI is InChI=1S/C16H19F3N2O/c1-10-7-11(2)15(13-3-5-20-14(10)13)22-12-4-6-21(8-12)9-16(17,18)19/h3,5,7,12,20H,4,6,8-9H2,1-2H3/t12-/m0/s1. The summed E-state index contributed by atoms with van der Waals surface area (Å²) in [7, 11) is 0. The van der Waals surface area contributed by atoms with Crippen molar-refractivity contribution >= 4 is 10.9 Å². The first kappa shape index (κ1) is 15.2. The van der Waals surface area contributed by atoms with E-state index in [2.05, 4.69) is 4.98 Å². The Morgan fingerprint density at radius 3 is 2.82 bits per heavy atom. The molecule has 0 unspecified atom stereocenters. The fraction of sp³-hybridized carbons (Fsp3) is 0.500. The van der Waals surface area contributed by atoms with E-state index in [0.717, 1.165) is 27.8 Å². The van der Waals surface area contributed by atoms with Crippen LogP contribution in [0, 0.1) is 13.8 Å². The first-order valence-electron chi connectivity index (χ1n) is 7.36. The van der Waals surface area contributed by atoms with Gasteiger partial charge in [0.25, 0.3) is 0 Å². The van der Waals surface area contributed by atoms with Gasteiger partial charge in [0.2, 0.25) is 0 Å². The molecule has 1 saturated heterocycles. The van der Waals surface area contributed by atoms with E-state index in [0.29, 0.717) is 19.5 Å². The molecule has 1 aromatic heterocycles. The molecule has 1 atom stereocenters. The Bertz CT molecular complexity index is 678. The average molecular weight is 312 g/mol. The molecule has 6 heteroatoms. The second-order valence-corrected chi connectivity index (χ2v) is 5.98. The van der Waals surface area contributed by atoms with Crippen molar-refractivity contribution < 1.29 is 17.9 Å². The summed E-state index contributed by atoms with van der Waals surface area (Å²) < 4.78 is 43.4. The Labute approximate surface area is 127 Å². The maximum Gasteiger partial charge on any atom is 0.401 e. The number of aromatic amines is 1. The number of aromatic nitrogens is 1. The van der Waals surface area contributed by atoms with Gasteiger partial charge in [0, 0.05) is 24.7 Å². The summed E-state index contributed by atoms with van der Waals surface area (Å²) in [5.74, 6) is 0.778. The smallest absolute Gasteiger partial charge is 0.401 e. The quantitative estimate of drug-likeness (QED) is 0.934. The second kappa shape index (κ2) is 5.50. The Morgan fingerprint density at radius 2 is 2.09 bits per heavy atom. The zero-order valence-corrected chi connectivity index (χ0v) is 12.6. The van der Waals surface area contributed by atoms with Crippen LogP contribution in [0.2, 0.25) is 0 Å². The maximum absolute atomic E-state index is 12.5. The Balaban J connectivity index is 1.76. The SMILES string of the molecule is Cc1cc(C)c2[nH]ccc2c1O[C@H]1CCN(CC(F)(F)F)C1. The van der Waals surface area contributed by atoms with E-state index in [9.17, 15) is 13.2 Å².